The third-order valence-corrected chi connectivity index (χ3v) is 9.54. The van der Waals surface area contributed by atoms with Gasteiger partial charge in [0.05, 0.1) is 11.0 Å². The van der Waals surface area contributed by atoms with Crippen molar-refractivity contribution in [3.05, 3.63) is 23.8 Å². The zero-order valence-electron chi connectivity index (χ0n) is 18.8. The van der Waals surface area contributed by atoms with Gasteiger partial charge in [0, 0.05) is 16.9 Å². The number of rotatable bonds is 3. The number of aliphatic hydroxyl groups is 1. The molecule has 0 amide bonds. The summed E-state index contributed by atoms with van der Waals surface area (Å²) < 4.78 is 6.01. The Morgan fingerprint density at radius 2 is 1.83 bits per heavy atom. The Balaban J connectivity index is 1.79. The van der Waals surface area contributed by atoms with Gasteiger partial charge in [-0.2, -0.15) is 0 Å². The molecule has 4 fully saturated rings. The summed E-state index contributed by atoms with van der Waals surface area (Å²) in [5.41, 5.74) is -1.18. The Morgan fingerprint density at radius 1 is 1.13 bits per heavy atom. The first-order valence-electron chi connectivity index (χ1n) is 11.4. The molecule has 166 valence electrons. The van der Waals surface area contributed by atoms with Crippen molar-refractivity contribution in [2.24, 2.45) is 28.1 Å². The van der Waals surface area contributed by atoms with Crippen LogP contribution < -0.4 is 0 Å². The van der Waals surface area contributed by atoms with Crippen LogP contribution in [0.5, 0.6) is 0 Å². The fourth-order valence-corrected chi connectivity index (χ4v) is 8.09. The van der Waals surface area contributed by atoms with Crippen molar-refractivity contribution in [3.63, 3.8) is 0 Å². The molecule has 2 bridgehead atoms. The Morgan fingerprint density at radius 3 is 2.47 bits per heavy atom. The van der Waals surface area contributed by atoms with E-state index in [-0.39, 0.29) is 17.8 Å². The number of carbonyl (C=O) groups excluding carboxylic acids is 1. The van der Waals surface area contributed by atoms with Crippen LogP contribution in [0.1, 0.15) is 79.1 Å². The standard InChI is InChI=1S/C25H36O5/c1-15(2)13-19(26)30-20-16(3)17-7-12-25(29)23(5)10-6-9-22(4,21(27)28)18(23)8-11-24(20,25)14-17/h13,17-18,20,29H,3,6-12,14H2,1-2,4-5H3,(H,27,28)/t17-,18-,20+,22-,23-,24+,25-/m1/s1. The second kappa shape index (κ2) is 6.69. The molecule has 4 saturated carbocycles. The molecule has 30 heavy (non-hydrogen) atoms. The van der Waals surface area contributed by atoms with Gasteiger partial charge < -0.3 is 14.9 Å². The zero-order chi connectivity index (χ0) is 22.1. The van der Waals surface area contributed by atoms with Crippen molar-refractivity contribution in [1.29, 1.82) is 0 Å². The van der Waals surface area contributed by atoms with E-state index in [0.29, 0.717) is 19.3 Å². The molecular weight excluding hydrogens is 380 g/mol. The molecule has 4 rings (SSSR count). The quantitative estimate of drug-likeness (QED) is 0.398. The number of carboxylic acids is 1. The zero-order valence-corrected chi connectivity index (χ0v) is 18.8. The van der Waals surface area contributed by atoms with Crippen LogP contribution in [0, 0.1) is 28.1 Å². The van der Waals surface area contributed by atoms with Crippen LogP contribution in [0.4, 0.5) is 0 Å². The van der Waals surface area contributed by atoms with Crippen LogP contribution in [0.15, 0.2) is 23.8 Å². The van der Waals surface area contributed by atoms with Crippen LogP contribution in [-0.2, 0) is 14.3 Å². The summed E-state index contributed by atoms with van der Waals surface area (Å²) in [7, 11) is 0. The molecule has 0 heterocycles. The molecule has 0 saturated heterocycles. The van der Waals surface area contributed by atoms with Gasteiger partial charge in [0.2, 0.25) is 0 Å². The number of esters is 1. The lowest BCUT2D eigenvalue weighted by Gasteiger charge is -2.68. The van der Waals surface area contributed by atoms with Gasteiger partial charge in [-0.15, -0.1) is 0 Å². The Kier molecular flexibility index (Phi) is 4.82. The Bertz CT molecular complexity index is 825. The van der Waals surface area contributed by atoms with E-state index in [4.69, 9.17) is 4.74 Å². The largest absolute Gasteiger partial charge is 0.481 e. The Labute approximate surface area is 179 Å². The van der Waals surface area contributed by atoms with E-state index in [1.807, 2.05) is 20.8 Å². The number of aliphatic carboxylic acids is 1. The molecule has 5 nitrogen and oxygen atoms in total. The molecule has 5 heteroatoms. The maximum Gasteiger partial charge on any atom is 0.331 e. The lowest BCUT2D eigenvalue weighted by atomic mass is 9.38. The molecular formula is C25H36O5. The molecule has 7 atom stereocenters. The van der Waals surface area contributed by atoms with Gasteiger partial charge in [0.15, 0.2) is 0 Å². The molecule has 2 N–H and O–H groups in total. The molecule has 4 aliphatic rings. The van der Waals surface area contributed by atoms with Crippen molar-refractivity contribution >= 4 is 11.9 Å². The van der Waals surface area contributed by atoms with Crippen LogP contribution in [0.3, 0.4) is 0 Å². The minimum atomic E-state index is -1.06. The predicted octanol–water partition coefficient (Wildman–Crippen LogP) is 4.64. The van der Waals surface area contributed by atoms with E-state index in [0.717, 1.165) is 43.3 Å². The van der Waals surface area contributed by atoms with Gasteiger partial charge in [0.25, 0.3) is 0 Å². The fourth-order valence-electron chi connectivity index (χ4n) is 8.09. The number of allylic oxidation sites excluding steroid dienone is 1. The fraction of sp³-hybridized carbons (Fsp3) is 0.760. The summed E-state index contributed by atoms with van der Waals surface area (Å²) in [5.74, 6) is -0.971. The third-order valence-electron chi connectivity index (χ3n) is 9.54. The predicted molar refractivity (Wildman–Crippen MR) is 114 cm³/mol. The summed E-state index contributed by atoms with van der Waals surface area (Å²) in [6.07, 6.45) is 6.88. The first-order valence-corrected chi connectivity index (χ1v) is 11.4. The lowest BCUT2D eigenvalue weighted by molar-refractivity contribution is -0.278. The minimum Gasteiger partial charge on any atom is -0.481 e. The second-order valence-electron chi connectivity index (χ2n) is 11.2. The highest BCUT2D eigenvalue weighted by molar-refractivity contribution is 5.83. The monoisotopic (exact) mass is 416 g/mol. The van der Waals surface area contributed by atoms with Crippen LogP contribution in [0.2, 0.25) is 0 Å². The van der Waals surface area contributed by atoms with E-state index < -0.39 is 33.9 Å². The van der Waals surface area contributed by atoms with Gasteiger partial charge in [-0.05, 0) is 83.1 Å². The summed E-state index contributed by atoms with van der Waals surface area (Å²) in [4.78, 5) is 24.9. The van der Waals surface area contributed by atoms with Crippen LogP contribution in [-0.4, -0.2) is 33.9 Å². The summed E-state index contributed by atoms with van der Waals surface area (Å²) >= 11 is 0. The van der Waals surface area contributed by atoms with E-state index in [1.165, 1.54) is 6.08 Å². The molecule has 0 aromatic carbocycles. The number of hydrogen-bond acceptors (Lipinski definition) is 4. The van der Waals surface area contributed by atoms with Gasteiger partial charge in [-0.1, -0.05) is 25.5 Å². The highest BCUT2D eigenvalue weighted by Crippen LogP contribution is 2.74. The van der Waals surface area contributed by atoms with E-state index in [2.05, 4.69) is 13.5 Å². The van der Waals surface area contributed by atoms with Gasteiger partial charge in [-0.3, -0.25) is 4.79 Å². The smallest absolute Gasteiger partial charge is 0.331 e. The topological polar surface area (TPSA) is 83.8 Å². The number of fused-ring (bicyclic) bond motifs is 3. The minimum absolute atomic E-state index is 0.0913. The highest BCUT2D eigenvalue weighted by Gasteiger charge is 2.75. The van der Waals surface area contributed by atoms with E-state index in [1.54, 1.807) is 0 Å². The van der Waals surface area contributed by atoms with Crippen LogP contribution in [0.25, 0.3) is 0 Å². The summed E-state index contributed by atoms with van der Waals surface area (Å²) in [6, 6.07) is 0. The van der Waals surface area contributed by atoms with Crippen molar-refractivity contribution in [1.82, 2.24) is 0 Å². The highest BCUT2D eigenvalue weighted by atomic mass is 16.5. The summed E-state index contributed by atoms with van der Waals surface area (Å²) in [6.45, 7) is 12.0. The van der Waals surface area contributed by atoms with Gasteiger partial charge in [-0.25, -0.2) is 4.79 Å². The second-order valence-corrected chi connectivity index (χ2v) is 11.2. The number of hydrogen-bond donors (Lipinski definition) is 2. The molecule has 0 radical (unpaired) electrons. The molecule has 4 aliphatic carbocycles. The Hall–Kier alpha value is -1.62. The van der Waals surface area contributed by atoms with E-state index in [9.17, 15) is 19.8 Å². The van der Waals surface area contributed by atoms with Gasteiger partial charge >= 0.3 is 11.9 Å². The van der Waals surface area contributed by atoms with Crippen molar-refractivity contribution in [3.8, 4) is 0 Å². The SMILES string of the molecule is C=C1[C@@H]2CC[C@]3(O)[C@@](CC[C@@H]4[C@](C)(C(=O)O)CCC[C@]43C)(C2)[C@H]1OC(=O)C=C(C)C. The average Bonchev–Trinajstić information content (AvgIpc) is 2.86. The normalized spacial score (nSPS) is 47.1. The average molecular weight is 417 g/mol. The maximum atomic E-state index is 12.6. The molecule has 0 unspecified atom stereocenters. The molecule has 0 aromatic heterocycles. The summed E-state index contributed by atoms with van der Waals surface area (Å²) in [5, 5.41) is 22.6. The number of ether oxygens (including phenoxy) is 1. The third kappa shape index (κ3) is 2.57. The molecule has 0 aliphatic heterocycles. The van der Waals surface area contributed by atoms with Crippen molar-refractivity contribution in [2.45, 2.75) is 90.8 Å². The molecule has 1 spiro atoms. The molecule has 0 aromatic rings. The van der Waals surface area contributed by atoms with E-state index >= 15 is 0 Å². The van der Waals surface area contributed by atoms with Gasteiger partial charge in [0.1, 0.15) is 6.10 Å². The van der Waals surface area contributed by atoms with Crippen molar-refractivity contribution < 1.29 is 24.5 Å². The van der Waals surface area contributed by atoms with Crippen molar-refractivity contribution in [2.75, 3.05) is 0 Å². The number of carbonyl (C=O) groups is 2. The lowest BCUT2D eigenvalue weighted by Crippen LogP contribution is -2.71. The first kappa shape index (κ1) is 21.6. The van der Waals surface area contributed by atoms with Crippen LogP contribution >= 0.6 is 0 Å². The maximum absolute atomic E-state index is 12.6. The first-order chi connectivity index (χ1) is 13.9. The number of carboxylic acid groups (broad SMARTS) is 1.